The van der Waals surface area contributed by atoms with Crippen LogP contribution in [0.3, 0.4) is 0 Å². The average Bonchev–Trinajstić information content (AvgIpc) is 3.25. The van der Waals surface area contributed by atoms with E-state index in [4.69, 9.17) is 13.7 Å². The highest BCUT2D eigenvalue weighted by Crippen LogP contribution is 2.37. The van der Waals surface area contributed by atoms with Gasteiger partial charge in [-0.15, -0.1) is 0 Å². The molecule has 0 aliphatic carbocycles. The first kappa shape index (κ1) is 31.0. The van der Waals surface area contributed by atoms with Gasteiger partial charge >= 0.3 is 16.1 Å². The largest absolute Gasteiger partial charge is 0.463 e. The van der Waals surface area contributed by atoms with Crippen LogP contribution in [0.2, 0.25) is 0 Å². The van der Waals surface area contributed by atoms with E-state index in [9.17, 15) is 18.0 Å². The van der Waals surface area contributed by atoms with Crippen molar-refractivity contribution in [2.45, 2.75) is 84.8 Å². The summed E-state index contributed by atoms with van der Waals surface area (Å²) in [6.07, 6.45) is 1.39. The molecule has 2 aromatic heterocycles. The molecule has 1 N–H and O–H groups in total. The number of carbonyl (C=O) groups is 2. The molecule has 0 aliphatic rings. The van der Waals surface area contributed by atoms with Crippen molar-refractivity contribution in [3.05, 3.63) is 35.2 Å². The SMILES string of the molecule is CC(=O)Nc1nc(OS(=O)(=O)c2c(C(C)C)cc(C(C)C)cc2C(C)C)c2ncn(COCCOC(C)=O)c2n1. The minimum atomic E-state index is -4.40. The summed E-state index contributed by atoms with van der Waals surface area (Å²) < 4.78 is 45.4. The van der Waals surface area contributed by atoms with Crippen LogP contribution in [-0.2, 0) is 35.9 Å². The quantitative estimate of drug-likeness (QED) is 0.186. The van der Waals surface area contributed by atoms with E-state index in [0.717, 1.165) is 5.56 Å². The van der Waals surface area contributed by atoms with Crippen LogP contribution in [0.15, 0.2) is 23.4 Å². The lowest BCUT2D eigenvalue weighted by molar-refractivity contribution is -0.142. The minimum absolute atomic E-state index is 0.0356. The summed E-state index contributed by atoms with van der Waals surface area (Å²) in [5.41, 5.74) is 2.58. The summed E-state index contributed by atoms with van der Waals surface area (Å²) in [5, 5.41) is 2.47. The van der Waals surface area contributed by atoms with E-state index >= 15 is 0 Å². The first-order valence-corrected chi connectivity index (χ1v) is 14.5. The lowest BCUT2D eigenvalue weighted by Crippen LogP contribution is -2.19. The number of fused-ring (bicyclic) bond motifs is 1. The van der Waals surface area contributed by atoms with E-state index in [1.807, 2.05) is 39.8 Å². The highest BCUT2D eigenvalue weighted by Gasteiger charge is 2.30. The summed E-state index contributed by atoms with van der Waals surface area (Å²) in [5.74, 6) is -1.37. The molecule has 0 atom stereocenters. The standard InChI is InChI=1S/C27H37N5O7S/c1-15(2)20-11-21(16(3)4)24(22(12-20)17(5)6)40(35,36)39-26-23-25(30-27(31-26)29-18(7)33)32(13-28-23)14-37-9-10-38-19(8)34/h11-13,15-17H,9-10,14H2,1-8H3,(H,29,30,31,33). The van der Waals surface area contributed by atoms with Gasteiger partial charge in [-0.3, -0.25) is 19.5 Å². The number of nitrogens with zero attached hydrogens (tertiary/aromatic N) is 4. The Kier molecular flexibility index (Phi) is 9.85. The third kappa shape index (κ3) is 7.33. The van der Waals surface area contributed by atoms with Gasteiger partial charge in [-0.05, 0) is 34.4 Å². The fourth-order valence-electron chi connectivity index (χ4n) is 4.02. The van der Waals surface area contributed by atoms with Crippen LogP contribution in [0.25, 0.3) is 11.2 Å². The summed E-state index contributed by atoms with van der Waals surface area (Å²) in [7, 11) is -4.40. The van der Waals surface area contributed by atoms with E-state index in [2.05, 4.69) is 34.1 Å². The zero-order valence-electron chi connectivity index (χ0n) is 24.1. The van der Waals surface area contributed by atoms with E-state index in [-0.39, 0.29) is 65.6 Å². The minimum Gasteiger partial charge on any atom is -0.463 e. The van der Waals surface area contributed by atoms with Crippen LogP contribution in [0.4, 0.5) is 5.95 Å². The van der Waals surface area contributed by atoms with Gasteiger partial charge in [0, 0.05) is 13.8 Å². The van der Waals surface area contributed by atoms with Gasteiger partial charge in [-0.25, -0.2) is 4.98 Å². The Balaban J connectivity index is 2.09. The second kappa shape index (κ2) is 12.7. The molecule has 218 valence electrons. The first-order chi connectivity index (χ1) is 18.7. The molecule has 0 spiro atoms. The van der Waals surface area contributed by atoms with E-state index in [0.29, 0.717) is 11.1 Å². The van der Waals surface area contributed by atoms with Gasteiger partial charge in [0.1, 0.15) is 18.2 Å². The molecule has 3 rings (SSSR count). The fraction of sp³-hybridized carbons (Fsp3) is 0.519. The summed E-state index contributed by atoms with van der Waals surface area (Å²) >= 11 is 0. The van der Waals surface area contributed by atoms with Crippen LogP contribution in [0.1, 0.15) is 89.8 Å². The van der Waals surface area contributed by atoms with Gasteiger partial charge in [-0.2, -0.15) is 18.4 Å². The van der Waals surface area contributed by atoms with Crippen molar-refractivity contribution in [3.8, 4) is 5.88 Å². The van der Waals surface area contributed by atoms with Crippen LogP contribution in [0.5, 0.6) is 5.88 Å². The molecule has 0 bridgehead atoms. The molecular formula is C27H37N5O7S. The molecule has 0 unspecified atom stereocenters. The molecule has 0 fully saturated rings. The Bertz CT molecular complexity index is 1470. The Morgan fingerprint density at radius 3 is 2.10 bits per heavy atom. The fourth-order valence-corrected chi connectivity index (χ4v) is 5.59. The Morgan fingerprint density at radius 2 is 1.57 bits per heavy atom. The summed E-state index contributed by atoms with van der Waals surface area (Å²) in [6.45, 7) is 14.6. The lowest BCUT2D eigenvalue weighted by atomic mass is 9.89. The van der Waals surface area contributed by atoms with Crippen molar-refractivity contribution in [2.75, 3.05) is 18.5 Å². The molecule has 1 amide bonds. The molecule has 13 heteroatoms. The molecule has 2 heterocycles. The van der Waals surface area contributed by atoms with Crippen molar-refractivity contribution in [1.29, 1.82) is 0 Å². The highest BCUT2D eigenvalue weighted by atomic mass is 32.2. The van der Waals surface area contributed by atoms with Gasteiger partial charge in [0.15, 0.2) is 11.2 Å². The molecule has 1 aromatic carbocycles. The van der Waals surface area contributed by atoms with Crippen LogP contribution < -0.4 is 9.50 Å². The smallest absolute Gasteiger partial charge is 0.341 e. The van der Waals surface area contributed by atoms with Crippen LogP contribution in [0, 0.1) is 0 Å². The van der Waals surface area contributed by atoms with Gasteiger partial charge in [0.2, 0.25) is 11.9 Å². The second-order valence-electron chi connectivity index (χ2n) is 10.3. The summed E-state index contributed by atoms with van der Waals surface area (Å²) in [6, 6.07) is 3.83. The maximum atomic E-state index is 13.9. The summed E-state index contributed by atoms with van der Waals surface area (Å²) in [4.78, 5) is 35.6. The van der Waals surface area contributed by atoms with Gasteiger partial charge < -0.3 is 13.7 Å². The van der Waals surface area contributed by atoms with Crippen molar-refractivity contribution in [2.24, 2.45) is 0 Å². The van der Waals surface area contributed by atoms with Crippen molar-refractivity contribution < 1.29 is 31.7 Å². The first-order valence-electron chi connectivity index (χ1n) is 13.0. The zero-order chi connectivity index (χ0) is 29.8. The zero-order valence-corrected chi connectivity index (χ0v) is 25.0. The van der Waals surface area contributed by atoms with Gasteiger partial charge in [0.05, 0.1) is 12.9 Å². The molecule has 12 nitrogen and oxygen atoms in total. The Labute approximate surface area is 234 Å². The third-order valence-corrected chi connectivity index (χ3v) is 7.35. The molecule has 3 aromatic rings. The lowest BCUT2D eigenvalue weighted by Gasteiger charge is -2.22. The van der Waals surface area contributed by atoms with Crippen molar-refractivity contribution in [3.63, 3.8) is 0 Å². The monoisotopic (exact) mass is 575 g/mol. The van der Waals surface area contributed by atoms with Gasteiger partial charge in [-0.1, -0.05) is 53.7 Å². The number of hydrogen-bond donors (Lipinski definition) is 1. The second-order valence-corrected chi connectivity index (χ2v) is 11.8. The highest BCUT2D eigenvalue weighted by molar-refractivity contribution is 7.87. The maximum Gasteiger partial charge on any atom is 0.341 e. The topological polar surface area (TPSA) is 152 Å². The van der Waals surface area contributed by atoms with E-state index in [1.165, 1.54) is 24.7 Å². The number of anilines is 1. The predicted molar refractivity (Wildman–Crippen MR) is 149 cm³/mol. The van der Waals surface area contributed by atoms with E-state index in [1.54, 1.807) is 0 Å². The number of esters is 1. The normalized spacial score (nSPS) is 12.0. The van der Waals surface area contributed by atoms with Crippen molar-refractivity contribution in [1.82, 2.24) is 19.5 Å². The number of amides is 1. The third-order valence-electron chi connectivity index (χ3n) is 6.00. The average molecular weight is 576 g/mol. The predicted octanol–water partition coefficient (Wildman–Crippen LogP) is 4.46. The number of aromatic nitrogens is 4. The molecular weight excluding hydrogens is 538 g/mol. The number of rotatable bonds is 12. The van der Waals surface area contributed by atoms with Crippen molar-refractivity contribution >= 4 is 39.1 Å². The number of hydrogen-bond acceptors (Lipinski definition) is 10. The molecule has 0 saturated heterocycles. The maximum absolute atomic E-state index is 13.9. The molecule has 0 aliphatic heterocycles. The number of imidazole rings is 1. The number of nitrogens with one attached hydrogen (secondary N) is 1. The van der Waals surface area contributed by atoms with Crippen LogP contribution in [-0.4, -0.2) is 53.0 Å². The van der Waals surface area contributed by atoms with Gasteiger partial charge in [0.25, 0.3) is 5.88 Å². The molecule has 0 saturated carbocycles. The Hall–Kier alpha value is -3.58. The number of benzene rings is 1. The molecule has 40 heavy (non-hydrogen) atoms. The Morgan fingerprint density at radius 1 is 0.950 bits per heavy atom. The number of ether oxygens (including phenoxy) is 2. The van der Waals surface area contributed by atoms with Crippen LogP contribution >= 0.6 is 0 Å². The molecule has 0 radical (unpaired) electrons. The van der Waals surface area contributed by atoms with E-state index < -0.39 is 22.0 Å². The number of carbonyl (C=O) groups excluding carboxylic acids is 2.